The summed E-state index contributed by atoms with van der Waals surface area (Å²) in [6.45, 7) is 0. The van der Waals surface area contributed by atoms with Crippen molar-refractivity contribution in [1.29, 1.82) is 0 Å². The molecule has 0 aliphatic heterocycles. The maximum Gasteiger partial charge on any atom is 0.0456 e. The van der Waals surface area contributed by atoms with Crippen LogP contribution in [0.1, 0.15) is 10.6 Å². The molecule has 1 N–H and O–H groups in total. The van der Waals surface area contributed by atoms with E-state index in [2.05, 4.69) is 58.9 Å². The van der Waals surface area contributed by atoms with Crippen molar-refractivity contribution in [2.24, 2.45) is 0 Å². The maximum absolute atomic E-state index is 3.47. The Hall–Kier alpha value is -1.80. The Morgan fingerprint density at radius 2 is 1.76 bits per heavy atom. The zero-order valence-corrected chi connectivity index (χ0v) is 10.2. The van der Waals surface area contributed by atoms with E-state index in [4.69, 9.17) is 0 Å². The third-order valence-corrected chi connectivity index (χ3v) is 3.65. The average Bonchev–Trinajstić information content (AvgIpc) is 3.02. The molecule has 0 aliphatic carbocycles. The molecule has 0 saturated carbocycles. The van der Waals surface area contributed by atoms with E-state index in [1.165, 1.54) is 21.8 Å². The molecule has 0 saturated heterocycles. The molecule has 17 heavy (non-hydrogen) atoms. The van der Waals surface area contributed by atoms with E-state index in [9.17, 15) is 0 Å². The molecule has 84 valence electrons. The van der Waals surface area contributed by atoms with Crippen molar-refractivity contribution in [1.82, 2.24) is 4.98 Å². The molecule has 2 aromatic heterocycles. The quantitative estimate of drug-likeness (QED) is 0.700. The minimum atomic E-state index is 0.991. The standard InChI is InChI=1S/C15H13NS/c1-2-5-12(6-3-1)15-9-8-13(16-15)11-14-7-4-10-17-14/h1-10,16H,11H2. The normalized spacial score (nSPS) is 10.6. The van der Waals surface area contributed by atoms with Crippen LogP contribution in [0, 0.1) is 0 Å². The Morgan fingerprint density at radius 3 is 2.53 bits per heavy atom. The predicted molar refractivity (Wildman–Crippen MR) is 73.4 cm³/mol. The van der Waals surface area contributed by atoms with Gasteiger partial charge in [0.25, 0.3) is 0 Å². The zero-order chi connectivity index (χ0) is 11.5. The van der Waals surface area contributed by atoms with Gasteiger partial charge in [-0.15, -0.1) is 11.3 Å². The van der Waals surface area contributed by atoms with E-state index in [0.717, 1.165) is 6.42 Å². The van der Waals surface area contributed by atoms with Gasteiger partial charge in [-0.1, -0.05) is 36.4 Å². The van der Waals surface area contributed by atoms with Crippen molar-refractivity contribution in [3.05, 3.63) is 70.5 Å². The SMILES string of the molecule is c1ccc(-c2ccc(Cc3cccs3)[nH]2)cc1. The largest absolute Gasteiger partial charge is 0.358 e. The first-order valence-electron chi connectivity index (χ1n) is 5.67. The number of nitrogens with one attached hydrogen (secondary N) is 1. The van der Waals surface area contributed by atoms with Gasteiger partial charge in [0.05, 0.1) is 0 Å². The second kappa shape index (κ2) is 4.60. The summed E-state index contributed by atoms with van der Waals surface area (Å²) < 4.78 is 0. The van der Waals surface area contributed by atoms with Crippen LogP contribution in [0.3, 0.4) is 0 Å². The van der Waals surface area contributed by atoms with Gasteiger partial charge < -0.3 is 4.98 Å². The Bertz CT molecular complexity index is 578. The number of aromatic nitrogens is 1. The highest BCUT2D eigenvalue weighted by Gasteiger charge is 2.02. The Kier molecular flexibility index (Phi) is 2.80. The highest BCUT2D eigenvalue weighted by Crippen LogP contribution is 2.20. The van der Waals surface area contributed by atoms with Gasteiger partial charge in [-0.25, -0.2) is 0 Å². The van der Waals surface area contributed by atoms with Crippen LogP contribution in [0.15, 0.2) is 60.0 Å². The topological polar surface area (TPSA) is 15.8 Å². The predicted octanol–water partition coefficient (Wildman–Crippen LogP) is 4.33. The second-order valence-corrected chi connectivity index (χ2v) is 5.05. The summed E-state index contributed by atoms with van der Waals surface area (Å²) in [7, 11) is 0. The fourth-order valence-corrected chi connectivity index (χ4v) is 2.66. The lowest BCUT2D eigenvalue weighted by Gasteiger charge is -1.97. The van der Waals surface area contributed by atoms with Crippen LogP contribution < -0.4 is 0 Å². The molecule has 0 bridgehead atoms. The van der Waals surface area contributed by atoms with Gasteiger partial charge in [-0.05, 0) is 29.1 Å². The van der Waals surface area contributed by atoms with Crippen molar-refractivity contribution in [2.75, 3.05) is 0 Å². The summed E-state index contributed by atoms with van der Waals surface area (Å²) in [5, 5.41) is 2.12. The Morgan fingerprint density at radius 1 is 0.882 bits per heavy atom. The minimum absolute atomic E-state index is 0.991. The fraction of sp³-hybridized carbons (Fsp3) is 0.0667. The average molecular weight is 239 g/mol. The lowest BCUT2D eigenvalue weighted by molar-refractivity contribution is 1.14. The van der Waals surface area contributed by atoms with E-state index in [1.807, 2.05) is 6.07 Å². The van der Waals surface area contributed by atoms with Crippen LogP contribution >= 0.6 is 11.3 Å². The monoisotopic (exact) mass is 239 g/mol. The first-order chi connectivity index (χ1) is 8.42. The van der Waals surface area contributed by atoms with Gasteiger partial charge >= 0.3 is 0 Å². The van der Waals surface area contributed by atoms with Gasteiger partial charge in [-0.2, -0.15) is 0 Å². The lowest BCUT2D eigenvalue weighted by atomic mass is 10.2. The van der Waals surface area contributed by atoms with Crippen molar-refractivity contribution in [3.63, 3.8) is 0 Å². The molecule has 1 nitrogen and oxygen atoms in total. The lowest BCUT2D eigenvalue weighted by Crippen LogP contribution is -1.84. The molecular weight excluding hydrogens is 226 g/mol. The Labute approximate surface area is 105 Å². The van der Waals surface area contributed by atoms with E-state index in [1.54, 1.807) is 11.3 Å². The maximum atomic E-state index is 3.47. The number of thiophene rings is 1. The molecule has 2 heteroatoms. The third kappa shape index (κ3) is 2.32. The summed E-state index contributed by atoms with van der Waals surface area (Å²) in [6.07, 6.45) is 0.991. The summed E-state index contributed by atoms with van der Waals surface area (Å²) in [4.78, 5) is 4.87. The molecule has 0 aliphatic rings. The molecule has 2 heterocycles. The van der Waals surface area contributed by atoms with Crippen LogP contribution in [0.25, 0.3) is 11.3 Å². The highest BCUT2D eigenvalue weighted by molar-refractivity contribution is 7.09. The van der Waals surface area contributed by atoms with Crippen LogP contribution in [-0.2, 0) is 6.42 Å². The molecule has 0 amide bonds. The molecule has 0 spiro atoms. The number of hydrogen-bond donors (Lipinski definition) is 1. The molecule has 1 aromatic carbocycles. The number of hydrogen-bond acceptors (Lipinski definition) is 1. The first kappa shape index (κ1) is 10.4. The summed E-state index contributed by atoms with van der Waals surface area (Å²) in [6, 6.07) is 19.0. The second-order valence-electron chi connectivity index (χ2n) is 4.02. The van der Waals surface area contributed by atoms with Crippen molar-refractivity contribution >= 4 is 11.3 Å². The van der Waals surface area contributed by atoms with Gasteiger partial charge in [0.15, 0.2) is 0 Å². The van der Waals surface area contributed by atoms with Crippen LogP contribution in [0.4, 0.5) is 0 Å². The minimum Gasteiger partial charge on any atom is -0.358 e. The molecule has 0 radical (unpaired) electrons. The van der Waals surface area contributed by atoms with Crippen LogP contribution in [0.2, 0.25) is 0 Å². The fourth-order valence-electron chi connectivity index (χ4n) is 1.93. The number of rotatable bonds is 3. The summed E-state index contributed by atoms with van der Waals surface area (Å²) >= 11 is 1.80. The molecule has 0 atom stereocenters. The van der Waals surface area contributed by atoms with Gasteiger partial charge in [0.1, 0.15) is 0 Å². The van der Waals surface area contributed by atoms with E-state index < -0.39 is 0 Å². The van der Waals surface area contributed by atoms with Crippen molar-refractivity contribution < 1.29 is 0 Å². The molecule has 3 aromatic rings. The van der Waals surface area contributed by atoms with Crippen LogP contribution in [-0.4, -0.2) is 4.98 Å². The molecule has 0 unspecified atom stereocenters. The van der Waals surface area contributed by atoms with Crippen molar-refractivity contribution in [2.45, 2.75) is 6.42 Å². The van der Waals surface area contributed by atoms with E-state index in [0.29, 0.717) is 0 Å². The van der Waals surface area contributed by atoms with Gasteiger partial charge in [0, 0.05) is 22.7 Å². The highest BCUT2D eigenvalue weighted by atomic mass is 32.1. The van der Waals surface area contributed by atoms with Gasteiger partial charge in [0.2, 0.25) is 0 Å². The summed E-state index contributed by atoms with van der Waals surface area (Å²) in [5.74, 6) is 0. The zero-order valence-electron chi connectivity index (χ0n) is 9.39. The smallest absolute Gasteiger partial charge is 0.0456 e. The number of benzene rings is 1. The van der Waals surface area contributed by atoms with Gasteiger partial charge in [-0.3, -0.25) is 0 Å². The first-order valence-corrected chi connectivity index (χ1v) is 6.55. The van der Waals surface area contributed by atoms with Crippen LogP contribution in [0.5, 0.6) is 0 Å². The van der Waals surface area contributed by atoms with E-state index in [-0.39, 0.29) is 0 Å². The third-order valence-electron chi connectivity index (χ3n) is 2.78. The Balaban J connectivity index is 1.84. The van der Waals surface area contributed by atoms with E-state index >= 15 is 0 Å². The number of H-pyrrole nitrogens is 1. The molecular formula is C15H13NS. The molecule has 0 fully saturated rings. The molecule has 3 rings (SSSR count). The summed E-state index contributed by atoms with van der Waals surface area (Å²) in [5.41, 5.74) is 3.70. The number of aromatic amines is 1. The van der Waals surface area contributed by atoms with Crippen molar-refractivity contribution in [3.8, 4) is 11.3 Å².